The third-order valence-corrected chi connectivity index (χ3v) is 8.07. The molecule has 4 aromatic rings. The van der Waals surface area contributed by atoms with Crippen molar-refractivity contribution in [2.24, 2.45) is 0 Å². The highest BCUT2D eigenvalue weighted by molar-refractivity contribution is 7.92. The lowest BCUT2D eigenvalue weighted by molar-refractivity contribution is 0.563. The Hall–Kier alpha value is -3.40. The molecule has 1 aliphatic rings. The van der Waals surface area contributed by atoms with Gasteiger partial charge in [-0.3, -0.25) is 9.71 Å². The molecule has 7 nitrogen and oxygen atoms in total. The first-order chi connectivity index (χ1) is 18.0. The van der Waals surface area contributed by atoms with Gasteiger partial charge < -0.3 is 14.8 Å². The second-order valence-electron chi connectivity index (χ2n) is 9.44. The van der Waals surface area contributed by atoms with Gasteiger partial charge >= 0.3 is 0 Å². The Labute approximate surface area is 233 Å². The summed E-state index contributed by atoms with van der Waals surface area (Å²) < 4.78 is 28.2. The van der Waals surface area contributed by atoms with E-state index in [4.69, 9.17) is 23.8 Å². The molecule has 2 atom stereocenters. The number of nitrogens with one attached hydrogen (secondary N) is 2. The summed E-state index contributed by atoms with van der Waals surface area (Å²) in [5, 5.41) is 4.75. The number of halogens is 1. The van der Waals surface area contributed by atoms with Crippen molar-refractivity contribution in [2.75, 3.05) is 15.9 Å². The number of hydrogen-bond donors (Lipinski definition) is 2. The maximum atomic E-state index is 11.7. The molecular weight excluding hydrogens is 538 g/mol. The van der Waals surface area contributed by atoms with E-state index in [9.17, 15) is 8.42 Å². The quantitative estimate of drug-likeness (QED) is 0.279. The van der Waals surface area contributed by atoms with Crippen LogP contribution in [0.25, 0.3) is 5.69 Å². The summed E-state index contributed by atoms with van der Waals surface area (Å²) in [6, 6.07) is 20.5. The van der Waals surface area contributed by atoms with Gasteiger partial charge in [0.25, 0.3) is 0 Å². The Morgan fingerprint density at radius 3 is 2.34 bits per heavy atom. The second-order valence-corrected chi connectivity index (χ2v) is 12.0. The minimum absolute atomic E-state index is 0.203. The van der Waals surface area contributed by atoms with Gasteiger partial charge in [0.1, 0.15) is 0 Å². The summed E-state index contributed by atoms with van der Waals surface area (Å²) in [5.74, 6) is 0. The van der Waals surface area contributed by atoms with Crippen LogP contribution in [0.5, 0.6) is 0 Å². The van der Waals surface area contributed by atoms with Crippen molar-refractivity contribution in [3.05, 3.63) is 106 Å². The standard InChI is InChI=1S/C28H28ClN5O2S2/c1-17-18(2)33(23-9-7-8-20(29)16-23)19(3)25(17)27-26(24-10-5-6-15-30-24)31-28(37)34(27)22-13-11-21(12-14-22)32-38(4,35)36/h5-16,26-27,32H,1-4H3,(H,31,37)/t26-,27+/m0/s1. The van der Waals surface area contributed by atoms with Gasteiger partial charge in [0.15, 0.2) is 5.11 Å². The number of nitrogens with zero attached hydrogens (tertiary/aromatic N) is 3. The summed E-state index contributed by atoms with van der Waals surface area (Å²) >= 11 is 12.2. The summed E-state index contributed by atoms with van der Waals surface area (Å²) in [5.41, 5.74) is 7.70. The SMILES string of the molecule is Cc1c([C@@H]2[C@H](c3ccccn3)NC(=S)N2c2ccc(NS(C)(=O)=O)cc2)c(C)n(-c2cccc(Cl)c2)c1C. The van der Waals surface area contributed by atoms with E-state index in [0.29, 0.717) is 15.8 Å². The van der Waals surface area contributed by atoms with E-state index in [1.807, 2.05) is 54.6 Å². The molecule has 3 heterocycles. The third-order valence-electron chi connectivity index (χ3n) is 6.92. The molecule has 0 amide bonds. The van der Waals surface area contributed by atoms with E-state index >= 15 is 0 Å². The molecule has 2 aromatic heterocycles. The van der Waals surface area contributed by atoms with Crippen molar-refractivity contribution in [2.45, 2.75) is 32.9 Å². The number of anilines is 2. The molecule has 0 unspecified atom stereocenters. The maximum Gasteiger partial charge on any atom is 0.229 e. The van der Waals surface area contributed by atoms with Crippen molar-refractivity contribution < 1.29 is 8.42 Å². The van der Waals surface area contributed by atoms with Gasteiger partial charge in [-0.25, -0.2) is 8.42 Å². The largest absolute Gasteiger partial charge is 0.351 e. The lowest BCUT2D eigenvalue weighted by atomic mass is 9.93. The van der Waals surface area contributed by atoms with Crippen LogP contribution in [0.1, 0.15) is 40.3 Å². The number of sulfonamides is 1. The predicted octanol–water partition coefficient (Wildman–Crippen LogP) is 6.00. The molecule has 10 heteroatoms. The minimum atomic E-state index is -3.38. The lowest BCUT2D eigenvalue weighted by Crippen LogP contribution is -2.29. The van der Waals surface area contributed by atoms with E-state index in [2.05, 4.69) is 45.3 Å². The number of pyridine rings is 1. The first-order valence-electron chi connectivity index (χ1n) is 12.1. The molecule has 0 spiro atoms. The fourth-order valence-electron chi connectivity index (χ4n) is 5.27. The van der Waals surface area contributed by atoms with Crippen LogP contribution in [0.3, 0.4) is 0 Å². The predicted molar refractivity (Wildman–Crippen MR) is 158 cm³/mol. The van der Waals surface area contributed by atoms with E-state index in [1.165, 1.54) is 0 Å². The van der Waals surface area contributed by atoms with Crippen LogP contribution in [0.15, 0.2) is 72.9 Å². The molecule has 2 aromatic carbocycles. The molecule has 0 radical (unpaired) electrons. The van der Waals surface area contributed by atoms with E-state index in [-0.39, 0.29) is 12.1 Å². The topological polar surface area (TPSA) is 79.3 Å². The molecule has 38 heavy (non-hydrogen) atoms. The van der Waals surface area contributed by atoms with E-state index in [1.54, 1.807) is 18.3 Å². The number of aromatic nitrogens is 2. The number of benzene rings is 2. The van der Waals surface area contributed by atoms with Crippen LogP contribution in [-0.4, -0.2) is 29.3 Å². The molecule has 0 saturated carbocycles. The zero-order chi connectivity index (χ0) is 27.2. The normalized spacial score (nSPS) is 17.5. The molecule has 1 aliphatic heterocycles. The van der Waals surface area contributed by atoms with Gasteiger partial charge in [0.05, 0.1) is 24.0 Å². The van der Waals surface area contributed by atoms with Crippen molar-refractivity contribution in [3.8, 4) is 5.69 Å². The molecule has 1 fully saturated rings. The first-order valence-corrected chi connectivity index (χ1v) is 14.8. The molecule has 196 valence electrons. The average Bonchev–Trinajstić information content (AvgIpc) is 3.31. The molecular formula is C28H28ClN5O2S2. The summed E-state index contributed by atoms with van der Waals surface area (Å²) in [4.78, 5) is 6.76. The fraction of sp³-hybridized carbons (Fsp3) is 0.214. The van der Waals surface area contributed by atoms with Gasteiger partial charge in [-0.15, -0.1) is 0 Å². The molecule has 2 N–H and O–H groups in total. The first kappa shape index (κ1) is 26.2. The van der Waals surface area contributed by atoms with Gasteiger partial charge in [-0.2, -0.15) is 0 Å². The van der Waals surface area contributed by atoms with Crippen molar-refractivity contribution in [1.82, 2.24) is 14.9 Å². The Kier molecular flexibility index (Phi) is 6.94. The van der Waals surface area contributed by atoms with Crippen LogP contribution in [0.2, 0.25) is 5.02 Å². The Morgan fingerprint density at radius 2 is 1.71 bits per heavy atom. The van der Waals surface area contributed by atoms with Crippen LogP contribution in [-0.2, 0) is 10.0 Å². The Bertz CT molecular complexity index is 1620. The molecule has 0 bridgehead atoms. The van der Waals surface area contributed by atoms with Gasteiger partial charge in [-0.1, -0.05) is 23.7 Å². The summed E-state index contributed by atoms with van der Waals surface area (Å²) in [6.07, 6.45) is 2.92. The highest BCUT2D eigenvalue weighted by Gasteiger charge is 2.43. The van der Waals surface area contributed by atoms with E-state index in [0.717, 1.165) is 45.8 Å². The molecule has 0 aliphatic carbocycles. The van der Waals surface area contributed by atoms with Crippen molar-refractivity contribution >= 4 is 50.3 Å². The Morgan fingerprint density at radius 1 is 0.974 bits per heavy atom. The average molecular weight is 566 g/mol. The van der Waals surface area contributed by atoms with Crippen molar-refractivity contribution in [3.63, 3.8) is 0 Å². The minimum Gasteiger partial charge on any atom is -0.351 e. The lowest BCUT2D eigenvalue weighted by Gasteiger charge is -2.29. The smallest absolute Gasteiger partial charge is 0.229 e. The second kappa shape index (κ2) is 10.1. The monoisotopic (exact) mass is 565 g/mol. The van der Waals surface area contributed by atoms with Crippen LogP contribution in [0, 0.1) is 20.8 Å². The highest BCUT2D eigenvalue weighted by atomic mass is 35.5. The van der Waals surface area contributed by atoms with Gasteiger partial charge in [-0.05, 0) is 93.1 Å². The van der Waals surface area contributed by atoms with Crippen LogP contribution < -0.4 is 14.9 Å². The van der Waals surface area contributed by atoms with Crippen LogP contribution >= 0.6 is 23.8 Å². The molecule has 1 saturated heterocycles. The fourth-order valence-corrected chi connectivity index (χ4v) is 6.37. The summed E-state index contributed by atoms with van der Waals surface area (Å²) in [7, 11) is -3.38. The Balaban J connectivity index is 1.67. The number of hydrogen-bond acceptors (Lipinski definition) is 4. The maximum absolute atomic E-state index is 11.7. The number of thiocarbonyl (C=S) groups is 1. The van der Waals surface area contributed by atoms with Gasteiger partial charge in [0, 0.05) is 45.2 Å². The van der Waals surface area contributed by atoms with E-state index < -0.39 is 10.0 Å². The number of rotatable bonds is 6. The molecule has 5 rings (SSSR count). The van der Waals surface area contributed by atoms with Crippen LogP contribution in [0.4, 0.5) is 11.4 Å². The van der Waals surface area contributed by atoms with Crippen molar-refractivity contribution in [1.29, 1.82) is 0 Å². The highest BCUT2D eigenvalue weighted by Crippen LogP contribution is 2.45. The summed E-state index contributed by atoms with van der Waals surface area (Å²) in [6.45, 7) is 6.36. The zero-order valence-electron chi connectivity index (χ0n) is 21.4. The van der Waals surface area contributed by atoms with Gasteiger partial charge in [0.2, 0.25) is 10.0 Å². The third kappa shape index (κ3) is 4.89. The zero-order valence-corrected chi connectivity index (χ0v) is 23.8.